The van der Waals surface area contributed by atoms with Gasteiger partial charge in [0.15, 0.2) is 5.60 Å². The summed E-state index contributed by atoms with van der Waals surface area (Å²) in [6.45, 7) is 4.68. The largest absolute Gasteiger partial charge is 0.392 e. The molecular formula is C8H10O4. The molecule has 2 radical (unpaired) electrons. The Balaban J connectivity index is 2.89. The minimum absolute atomic E-state index is 0.574. The Morgan fingerprint density at radius 3 is 2.25 bits per heavy atom. The summed E-state index contributed by atoms with van der Waals surface area (Å²) in [4.78, 5) is 0. The lowest BCUT2D eigenvalue weighted by molar-refractivity contribution is -0.0632. The molecule has 0 aromatic heterocycles. The zero-order valence-corrected chi connectivity index (χ0v) is 6.34. The standard InChI is InChI=1S/C8H10O4/c1-3-8(4-9)7(11)6(10)5(2)12-8/h1-2,5-7,9-11H,4H2/t5-,6?,7+,8+/m0/s1. The van der Waals surface area contributed by atoms with Crippen LogP contribution in [-0.2, 0) is 4.74 Å². The third kappa shape index (κ3) is 1.11. The number of ether oxygens (including phenoxy) is 1. The zero-order chi connectivity index (χ0) is 9.35. The molecule has 4 heteroatoms. The lowest BCUT2D eigenvalue weighted by atomic mass is 9.96. The molecule has 0 bridgehead atoms. The lowest BCUT2D eigenvalue weighted by Crippen LogP contribution is -2.45. The first kappa shape index (κ1) is 9.49. The van der Waals surface area contributed by atoms with Gasteiger partial charge in [-0.25, -0.2) is 0 Å². The van der Waals surface area contributed by atoms with Gasteiger partial charge in [0.25, 0.3) is 0 Å². The molecule has 0 spiro atoms. The van der Waals surface area contributed by atoms with Crippen LogP contribution in [0.25, 0.3) is 0 Å². The monoisotopic (exact) mass is 170 g/mol. The van der Waals surface area contributed by atoms with Crippen molar-refractivity contribution in [3.05, 3.63) is 6.92 Å². The van der Waals surface area contributed by atoms with Crippen molar-refractivity contribution in [2.45, 2.75) is 23.9 Å². The average molecular weight is 170 g/mol. The maximum atomic E-state index is 9.32. The van der Waals surface area contributed by atoms with Gasteiger partial charge in [-0.3, -0.25) is 0 Å². The van der Waals surface area contributed by atoms with Gasteiger partial charge in [0, 0.05) is 0 Å². The van der Waals surface area contributed by atoms with Gasteiger partial charge in [-0.15, -0.1) is 6.42 Å². The zero-order valence-electron chi connectivity index (χ0n) is 6.34. The van der Waals surface area contributed by atoms with Crippen LogP contribution in [0.3, 0.4) is 0 Å². The van der Waals surface area contributed by atoms with E-state index in [1.165, 1.54) is 0 Å². The van der Waals surface area contributed by atoms with Crippen LogP contribution in [0.5, 0.6) is 0 Å². The summed E-state index contributed by atoms with van der Waals surface area (Å²) >= 11 is 0. The molecule has 4 atom stereocenters. The van der Waals surface area contributed by atoms with Crippen molar-refractivity contribution >= 4 is 0 Å². The van der Waals surface area contributed by atoms with Crippen LogP contribution in [0.15, 0.2) is 0 Å². The highest BCUT2D eigenvalue weighted by atomic mass is 16.6. The van der Waals surface area contributed by atoms with E-state index in [4.69, 9.17) is 28.3 Å². The Kier molecular flexibility index (Phi) is 2.40. The number of terminal acetylenes is 1. The Bertz CT molecular complexity index is 210. The number of hydrogen-bond acceptors (Lipinski definition) is 4. The van der Waals surface area contributed by atoms with Gasteiger partial charge < -0.3 is 20.1 Å². The van der Waals surface area contributed by atoms with Crippen LogP contribution in [0.2, 0.25) is 0 Å². The van der Waals surface area contributed by atoms with Crippen LogP contribution in [-0.4, -0.2) is 45.8 Å². The first-order valence-corrected chi connectivity index (χ1v) is 3.45. The number of aliphatic hydroxyl groups is 3. The second-order valence-corrected chi connectivity index (χ2v) is 2.71. The summed E-state index contributed by atoms with van der Waals surface area (Å²) in [6, 6.07) is 0. The topological polar surface area (TPSA) is 69.9 Å². The number of hydrogen-bond donors (Lipinski definition) is 3. The van der Waals surface area contributed by atoms with E-state index in [9.17, 15) is 5.11 Å². The molecule has 0 amide bonds. The summed E-state index contributed by atoms with van der Waals surface area (Å²) in [5.41, 5.74) is -1.56. The second kappa shape index (κ2) is 3.04. The average Bonchev–Trinajstić information content (AvgIpc) is 2.30. The van der Waals surface area contributed by atoms with Crippen molar-refractivity contribution in [3.63, 3.8) is 0 Å². The molecule has 1 unspecified atom stereocenters. The summed E-state index contributed by atoms with van der Waals surface area (Å²) < 4.78 is 4.86. The quantitative estimate of drug-likeness (QED) is 0.405. The molecule has 0 saturated carbocycles. The summed E-state index contributed by atoms with van der Waals surface area (Å²) in [5, 5.41) is 27.3. The molecular weight excluding hydrogens is 160 g/mol. The Morgan fingerprint density at radius 1 is 1.50 bits per heavy atom. The number of aliphatic hydroxyl groups excluding tert-OH is 3. The Morgan fingerprint density at radius 2 is 2.08 bits per heavy atom. The molecule has 66 valence electrons. The van der Waals surface area contributed by atoms with Gasteiger partial charge in [-0.1, -0.05) is 5.92 Å². The molecule has 1 aliphatic heterocycles. The minimum atomic E-state index is -1.56. The minimum Gasteiger partial charge on any atom is -0.392 e. The van der Waals surface area contributed by atoms with Crippen LogP contribution >= 0.6 is 0 Å². The van der Waals surface area contributed by atoms with Gasteiger partial charge in [0.1, 0.15) is 12.2 Å². The predicted molar refractivity (Wildman–Crippen MR) is 39.8 cm³/mol. The van der Waals surface area contributed by atoms with Crippen molar-refractivity contribution in [1.82, 2.24) is 0 Å². The summed E-state index contributed by atoms with van der Waals surface area (Å²) in [7, 11) is 0. The first-order valence-electron chi connectivity index (χ1n) is 3.45. The van der Waals surface area contributed by atoms with Crippen LogP contribution in [0, 0.1) is 19.3 Å². The molecule has 1 fully saturated rings. The van der Waals surface area contributed by atoms with Crippen LogP contribution in [0.4, 0.5) is 0 Å². The van der Waals surface area contributed by atoms with E-state index in [2.05, 4.69) is 5.92 Å². The fraction of sp³-hybridized carbons (Fsp3) is 0.625. The normalized spacial score (nSPS) is 47.4. The van der Waals surface area contributed by atoms with Crippen LogP contribution in [0.1, 0.15) is 0 Å². The fourth-order valence-electron chi connectivity index (χ4n) is 1.13. The van der Waals surface area contributed by atoms with E-state index in [0.717, 1.165) is 0 Å². The fourth-order valence-corrected chi connectivity index (χ4v) is 1.13. The van der Waals surface area contributed by atoms with E-state index in [-0.39, 0.29) is 0 Å². The third-order valence-corrected chi connectivity index (χ3v) is 1.96. The van der Waals surface area contributed by atoms with Gasteiger partial charge in [-0.2, -0.15) is 0 Å². The Labute approximate surface area is 70.8 Å². The number of rotatable bonds is 1. The SMILES string of the molecule is [CH][C@@H]1O[C@](C#C)(CO)[C@H](O)C1O. The second-order valence-electron chi connectivity index (χ2n) is 2.71. The molecule has 0 aliphatic carbocycles. The van der Waals surface area contributed by atoms with E-state index in [1.54, 1.807) is 0 Å². The van der Waals surface area contributed by atoms with Gasteiger partial charge >= 0.3 is 0 Å². The molecule has 0 aromatic carbocycles. The van der Waals surface area contributed by atoms with Crippen LogP contribution < -0.4 is 0 Å². The third-order valence-electron chi connectivity index (χ3n) is 1.96. The van der Waals surface area contributed by atoms with E-state index < -0.39 is 30.5 Å². The highest BCUT2D eigenvalue weighted by Gasteiger charge is 2.51. The highest BCUT2D eigenvalue weighted by Crippen LogP contribution is 2.29. The molecule has 1 rings (SSSR count). The predicted octanol–water partition coefficient (Wildman–Crippen LogP) is -1.82. The van der Waals surface area contributed by atoms with E-state index >= 15 is 0 Å². The van der Waals surface area contributed by atoms with E-state index in [1.807, 2.05) is 0 Å². The lowest BCUT2D eigenvalue weighted by Gasteiger charge is -2.23. The van der Waals surface area contributed by atoms with Crippen molar-refractivity contribution < 1.29 is 20.1 Å². The van der Waals surface area contributed by atoms with Crippen molar-refractivity contribution in [2.75, 3.05) is 6.61 Å². The smallest absolute Gasteiger partial charge is 0.179 e. The molecule has 12 heavy (non-hydrogen) atoms. The highest BCUT2D eigenvalue weighted by molar-refractivity contribution is 5.19. The maximum Gasteiger partial charge on any atom is 0.179 e. The first-order chi connectivity index (χ1) is 5.57. The van der Waals surface area contributed by atoms with Crippen molar-refractivity contribution in [1.29, 1.82) is 0 Å². The molecule has 1 heterocycles. The van der Waals surface area contributed by atoms with Crippen molar-refractivity contribution in [2.24, 2.45) is 0 Å². The molecule has 4 nitrogen and oxygen atoms in total. The Hall–Kier alpha value is -0.600. The maximum absolute atomic E-state index is 9.32. The molecule has 1 aliphatic rings. The van der Waals surface area contributed by atoms with Gasteiger partial charge in [-0.05, 0) is 6.92 Å². The van der Waals surface area contributed by atoms with E-state index in [0.29, 0.717) is 0 Å². The van der Waals surface area contributed by atoms with Gasteiger partial charge in [0.05, 0.1) is 12.7 Å². The molecule has 0 aromatic rings. The van der Waals surface area contributed by atoms with Crippen molar-refractivity contribution in [3.8, 4) is 12.3 Å². The summed E-state index contributed by atoms with van der Waals surface area (Å²) in [6.07, 6.45) is 1.38. The summed E-state index contributed by atoms with van der Waals surface area (Å²) in [5.74, 6) is 2.08. The van der Waals surface area contributed by atoms with Gasteiger partial charge in [0.2, 0.25) is 0 Å². The molecule has 1 saturated heterocycles. The molecule has 3 N–H and O–H groups in total.